The van der Waals surface area contributed by atoms with Gasteiger partial charge in [0, 0.05) is 36.8 Å². The Balaban J connectivity index is 1.87. The molecule has 0 spiro atoms. The summed E-state index contributed by atoms with van der Waals surface area (Å²) >= 11 is 12.7. The average Bonchev–Trinajstić information content (AvgIpc) is 3.19. The van der Waals surface area contributed by atoms with Crippen molar-refractivity contribution in [3.05, 3.63) is 80.5 Å². The van der Waals surface area contributed by atoms with Crippen LogP contribution in [0.25, 0.3) is 10.8 Å². The maximum absolute atomic E-state index is 15.1. The van der Waals surface area contributed by atoms with E-state index in [0.29, 0.717) is 24.0 Å². The van der Waals surface area contributed by atoms with Gasteiger partial charge in [-0.15, -0.1) is 0 Å². The van der Waals surface area contributed by atoms with Crippen LogP contribution in [0.4, 0.5) is 10.1 Å². The molecule has 9 heteroatoms. The third kappa shape index (κ3) is 3.65. The van der Waals surface area contributed by atoms with Crippen LogP contribution < -0.4 is 10.9 Å². The first kappa shape index (κ1) is 22.3. The number of fused-ring (bicyclic) bond motifs is 1. The molecule has 0 unspecified atom stereocenters. The number of carbonyl (C=O) groups excluding carboxylic acids is 1. The van der Waals surface area contributed by atoms with Crippen LogP contribution in [-0.2, 0) is 17.4 Å². The molecule has 32 heavy (non-hydrogen) atoms. The van der Waals surface area contributed by atoms with E-state index in [-0.39, 0.29) is 33.6 Å². The topological polar surface area (TPSA) is 67.2 Å². The molecule has 1 aromatic heterocycles. The van der Waals surface area contributed by atoms with Gasteiger partial charge in [-0.05, 0) is 43.7 Å². The summed E-state index contributed by atoms with van der Waals surface area (Å²) in [6, 6.07) is 7.96. The maximum Gasteiger partial charge on any atom is 0.274 e. The number of aromatic nitrogens is 2. The minimum Gasteiger partial charge on any atom is -0.374 e. The zero-order chi connectivity index (χ0) is 23.2. The normalized spacial score (nSPS) is 18.2. The van der Waals surface area contributed by atoms with Crippen molar-refractivity contribution >= 4 is 45.6 Å². The van der Waals surface area contributed by atoms with Gasteiger partial charge in [-0.1, -0.05) is 35.8 Å². The molecule has 1 N–H and O–H groups in total. The minimum atomic E-state index is -1.05. The highest BCUT2D eigenvalue weighted by Crippen LogP contribution is 2.43. The van der Waals surface area contributed by atoms with Gasteiger partial charge in [0.25, 0.3) is 5.56 Å². The summed E-state index contributed by atoms with van der Waals surface area (Å²) in [5.41, 5.74) is 0.195. The lowest BCUT2D eigenvalue weighted by Crippen LogP contribution is -2.41. The quantitative estimate of drug-likeness (QED) is 0.449. The molecule has 1 amide bonds. The van der Waals surface area contributed by atoms with Gasteiger partial charge >= 0.3 is 0 Å². The summed E-state index contributed by atoms with van der Waals surface area (Å²) in [6.45, 7) is 5.90. The first-order valence-electron chi connectivity index (χ1n) is 9.98. The Hall–Kier alpha value is -2.90. The fourth-order valence-electron chi connectivity index (χ4n) is 4.35. The molecule has 4 rings (SSSR count). The van der Waals surface area contributed by atoms with Crippen molar-refractivity contribution in [3.63, 3.8) is 0 Å². The van der Waals surface area contributed by atoms with Crippen LogP contribution in [-0.4, -0.2) is 33.7 Å². The van der Waals surface area contributed by atoms with Crippen LogP contribution in [0.3, 0.4) is 0 Å². The fourth-order valence-corrected chi connectivity index (χ4v) is 4.84. The second kappa shape index (κ2) is 8.22. The van der Waals surface area contributed by atoms with E-state index in [9.17, 15) is 9.59 Å². The average molecular weight is 475 g/mol. The number of hydrogen-bond acceptors (Lipinski definition) is 4. The maximum atomic E-state index is 15.1. The summed E-state index contributed by atoms with van der Waals surface area (Å²) in [5.74, 6) is -0.794. The molecule has 0 aliphatic carbocycles. The molecule has 1 fully saturated rings. The molecule has 1 aliphatic heterocycles. The lowest BCUT2D eigenvalue weighted by Gasteiger charge is -2.33. The highest BCUT2D eigenvalue weighted by molar-refractivity contribution is 6.42. The monoisotopic (exact) mass is 474 g/mol. The Morgan fingerprint density at radius 2 is 2.03 bits per heavy atom. The number of rotatable bonds is 4. The molecule has 1 saturated heterocycles. The summed E-state index contributed by atoms with van der Waals surface area (Å²) in [6.07, 6.45) is 1.61. The second-order valence-corrected chi connectivity index (χ2v) is 8.70. The van der Waals surface area contributed by atoms with E-state index < -0.39 is 11.4 Å². The highest BCUT2D eigenvalue weighted by atomic mass is 35.5. The van der Waals surface area contributed by atoms with Crippen molar-refractivity contribution in [1.82, 2.24) is 14.7 Å². The third-order valence-corrected chi connectivity index (χ3v) is 6.70. The van der Waals surface area contributed by atoms with Gasteiger partial charge in [0.2, 0.25) is 5.91 Å². The van der Waals surface area contributed by atoms with E-state index in [0.717, 1.165) is 11.1 Å². The summed E-state index contributed by atoms with van der Waals surface area (Å²) in [4.78, 5) is 26.5. The van der Waals surface area contributed by atoms with Gasteiger partial charge in [0.1, 0.15) is 5.82 Å². The van der Waals surface area contributed by atoms with E-state index in [2.05, 4.69) is 17.0 Å². The first-order valence-corrected chi connectivity index (χ1v) is 10.7. The van der Waals surface area contributed by atoms with Crippen molar-refractivity contribution in [3.8, 4) is 0 Å². The van der Waals surface area contributed by atoms with Crippen LogP contribution in [0.15, 0.2) is 47.8 Å². The predicted octanol–water partition coefficient (Wildman–Crippen LogP) is 4.41. The summed E-state index contributed by atoms with van der Waals surface area (Å²) < 4.78 is 16.4. The molecule has 166 valence electrons. The van der Waals surface area contributed by atoms with Crippen LogP contribution in [0.1, 0.15) is 17.7 Å². The van der Waals surface area contributed by atoms with E-state index in [1.165, 1.54) is 22.9 Å². The number of nitrogens with zero attached hydrogens (tertiary/aromatic N) is 3. The fraction of sp³-hybridized carbons (Fsp3) is 0.261. The molecule has 0 saturated carbocycles. The van der Waals surface area contributed by atoms with Crippen molar-refractivity contribution < 1.29 is 9.18 Å². The van der Waals surface area contributed by atoms with Crippen LogP contribution in [0, 0.1) is 12.7 Å². The van der Waals surface area contributed by atoms with Gasteiger partial charge < -0.3 is 10.2 Å². The molecular weight excluding hydrogens is 454 g/mol. The standard InChI is InChI=1S/C23H21Cl2FN4O2/c1-4-19(31)30-10-9-23(12-30,20-18(26)8-7-17(24)21(20)25)27-14-5-6-15-13(2)28-29(3)22(32)16(15)11-14/h4-8,11,27H,1,9-10,12H2,2-3H3/t23-/m0/s1. The second-order valence-electron chi connectivity index (χ2n) is 7.91. The van der Waals surface area contributed by atoms with Crippen LogP contribution >= 0.6 is 23.2 Å². The molecule has 6 nitrogen and oxygen atoms in total. The Labute approximate surface area is 194 Å². The van der Waals surface area contributed by atoms with E-state index in [1.807, 2.05) is 6.92 Å². The Bertz CT molecular complexity index is 1320. The Morgan fingerprint density at radius 1 is 1.28 bits per heavy atom. The van der Waals surface area contributed by atoms with Crippen molar-refractivity contribution in [1.29, 1.82) is 0 Å². The number of hydrogen-bond donors (Lipinski definition) is 1. The molecule has 2 aromatic carbocycles. The highest BCUT2D eigenvalue weighted by Gasteiger charge is 2.44. The third-order valence-electron chi connectivity index (χ3n) is 5.90. The number of halogens is 3. The molecular formula is C23H21Cl2FN4O2. The zero-order valence-corrected chi connectivity index (χ0v) is 19.1. The van der Waals surface area contributed by atoms with E-state index in [1.54, 1.807) is 30.1 Å². The van der Waals surface area contributed by atoms with Crippen LogP contribution in [0.5, 0.6) is 0 Å². The van der Waals surface area contributed by atoms with Gasteiger partial charge in [-0.3, -0.25) is 9.59 Å². The summed E-state index contributed by atoms with van der Waals surface area (Å²) in [5, 5.41) is 9.10. The van der Waals surface area contributed by atoms with Gasteiger partial charge in [-0.2, -0.15) is 5.10 Å². The van der Waals surface area contributed by atoms with Crippen molar-refractivity contribution in [2.75, 3.05) is 18.4 Å². The number of likely N-dealkylation sites (tertiary alicyclic amines) is 1. The SMILES string of the molecule is C=CC(=O)N1CC[C@@](Nc2ccc3c(C)nn(C)c(=O)c3c2)(c2c(F)ccc(Cl)c2Cl)C1. The molecule has 1 aliphatic rings. The Morgan fingerprint density at radius 3 is 2.75 bits per heavy atom. The van der Waals surface area contributed by atoms with Gasteiger partial charge in [0.05, 0.1) is 26.7 Å². The molecule has 0 bridgehead atoms. The van der Waals surface area contributed by atoms with Crippen LogP contribution in [0.2, 0.25) is 10.0 Å². The molecule has 3 aromatic rings. The van der Waals surface area contributed by atoms with Gasteiger partial charge in [0.15, 0.2) is 0 Å². The number of nitrogens with one attached hydrogen (secondary N) is 1. The molecule has 0 radical (unpaired) electrons. The zero-order valence-electron chi connectivity index (χ0n) is 17.6. The van der Waals surface area contributed by atoms with E-state index in [4.69, 9.17) is 23.2 Å². The lowest BCUT2D eigenvalue weighted by molar-refractivity contribution is -0.125. The first-order chi connectivity index (χ1) is 15.2. The van der Waals surface area contributed by atoms with E-state index >= 15 is 4.39 Å². The summed E-state index contributed by atoms with van der Waals surface area (Å²) in [7, 11) is 1.59. The number of aryl methyl sites for hydroxylation is 2. The smallest absolute Gasteiger partial charge is 0.274 e. The largest absolute Gasteiger partial charge is 0.374 e. The Kier molecular flexibility index (Phi) is 5.73. The number of anilines is 1. The molecule has 2 heterocycles. The predicted molar refractivity (Wildman–Crippen MR) is 125 cm³/mol. The minimum absolute atomic E-state index is 0.0869. The number of benzene rings is 2. The van der Waals surface area contributed by atoms with Crippen molar-refractivity contribution in [2.45, 2.75) is 18.9 Å². The number of amides is 1. The number of carbonyl (C=O) groups is 1. The van der Waals surface area contributed by atoms with Crippen molar-refractivity contribution in [2.24, 2.45) is 7.05 Å². The lowest BCUT2D eigenvalue weighted by atomic mass is 9.87. The molecule has 1 atom stereocenters. The van der Waals surface area contributed by atoms with Gasteiger partial charge in [-0.25, -0.2) is 9.07 Å².